The molecule has 0 aromatic carbocycles. The van der Waals surface area contributed by atoms with Crippen molar-refractivity contribution in [1.29, 1.82) is 0 Å². The zero-order valence-electron chi connectivity index (χ0n) is 15.2. The molecule has 1 atom stereocenters. The number of carbonyl (C=O) groups excluding carboxylic acids is 2. The number of hydrogen-bond donors (Lipinski definition) is 2. The molecule has 1 unspecified atom stereocenters. The van der Waals surface area contributed by atoms with E-state index in [1.165, 1.54) is 19.3 Å². The molecule has 0 aromatic heterocycles. The van der Waals surface area contributed by atoms with Crippen molar-refractivity contribution >= 4 is 11.9 Å². The highest BCUT2D eigenvalue weighted by Gasteiger charge is 2.51. The molecule has 24 heavy (non-hydrogen) atoms. The largest absolute Gasteiger partial charge is 0.336 e. The summed E-state index contributed by atoms with van der Waals surface area (Å²) in [5.74, 6) is 2.60. The standard InChI is InChI=1S/C19H31N3O2/c1-18(2,3)22-11-15(7-16(22)23)20-17(24)21-19-8-12-4-13(9-19)6-14(5-12)10-19/h12-15H,4-11H2,1-3H3,(H2,20,21,24). The third-order valence-corrected chi connectivity index (χ3v) is 6.69. The first-order valence-corrected chi connectivity index (χ1v) is 9.62. The van der Waals surface area contributed by atoms with Crippen molar-refractivity contribution < 1.29 is 9.59 Å². The van der Waals surface area contributed by atoms with Crippen molar-refractivity contribution in [3.8, 4) is 0 Å². The van der Waals surface area contributed by atoms with Crippen LogP contribution in [0.2, 0.25) is 0 Å². The van der Waals surface area contributed by atoms with E-state index in [0.29, 0.717) is 13.0 Å². The predicted molar refractivity (Wildman–Crippen MR) is 92.4 cm³/mol. The fraction of sp³-hybridized carbons (Fsp3) is 0.895. The van der Waals surface area contributed by atoms with Gasteiger partial charge in [0, 0.05) is 24.0 Å². The van der Waals surface area contributed by atoms with Gasteiger partial charge in [-0.1, -0.05) is 0 Å². The van der Waals surface area contributed by atoms with Crippen LogP contribution in [0.5, 0.6) is 0 Å². The van der Waals surface area contributed by atoms with Crippen LogP contribution in [0.4, 0.5) is 4.79 Å². The van der Waals surface area contributed by atoms with E-state index in [2.05, 4.69) is 10.6 Å². The van der Waals surface area contributed by atoms with Crippen LogP contribution in [0.25, 0.3) is 0 Å². The Kier molecular flexibility index (Phi) is 3.63. The Hall–Kier alpha value is -1.26. The maximum atomic E-state index is 12.6. The smallest absolute Gasteiger partial charge is 0.315 e. The molecule has 1 aliphatic heterocycles. The van der Waals surface area contributed by atoms with Gasteiger partial charge in [0.25, 0.3) is 0 Å². The molecule has 4 bridgehead atoms. The van der Waals surface area contributed by atoms with Crippen LogP contribution >= 0.6 is 0 Å². The number of likely N-dealkylation sites (tertiary alicyclic amines) is 1. The van der Waals surface area contributed by atoms with Crippen molar-refractivity contribution in [3.05, 3.63) is 0 Å². The van der Waals surface area contributed by atoms with Gasteiger partial charge >= 0.3 is 6.03 Å². The predicted octanol–water partition coefficient (Wildman–Crippen LogP) is 2.65. The first-order valence-electron chi connectivity index (χ1n) is 9.62. The molecule has 134 valence electrons. The van der Waals surface area contributed by atoms with Gasteiger partial charge in [0.05, 0.1) is 6.04 Å². The highest BCUT2D eigenvalue weighted by molar-refractivity contribution is 5.82. The van der Waals surface area contributed by atoms with Gasteiger partial charge in [-0.3, -0.25) is 4.79 Å². The SMILES string of the molecule is CC(C)(C)N1CC(NC(=O)NC23CC4CC(CC(C4)C2)C3)CC1=O. The van der Waals surface area contributed by atoms with Crippen LogP contribution < -0.4 is 10.6 Å². The molecule has 5 nitrogen and oxygen atoms in total. The van der Waals surface area contributed by atoms with Crippen molar-refractivity contribution in [1.82, 2.24) is 15.5 Å². The summed E-state index contributed by atoms with van der Waals surface area (Å²) in [6.07, 6.45) is 8.02. The Morgan fingerprint density at radius 2 is 1.62 bits per heavy atom. The Morgan fingerprint density at radius 3 is 2.08 bits per heavy atom. The van der Waals surface area contributed by atoms with Crippen molar-refractivity contribution in [2.45, 2.75) is 82.8 Å². The normalized spacial score (nSPS) is 41.0. The summed E-state index contributed by atoms with van der Waals surface area (Å²) in [6, 6.07) is -0.129. The van der Waals surface area contributed by atoms with E-state index in [9.17, 15) is 9.59 Å². The Morgan fingerprint density at radius 1 is 1.08 bits per heavy atom. The minimum Gasteiger partial charge on any atom is -0.336 e. The number of amides is 3. The molecule has 0 spiro atoms. The third-order valence-electron chi connectivity index (χ3n) is 6.69. The maximum absolute atomic E-state index is 12.6. The van der Waals surface area contributed by atoms with Gasteiger partial charge in [0.15, 0.2) is 0 Å². The van der Waals surface area contributed by atoms with E-state index in [-0.39, 0.29) is 29.1 Å². The van der Waals surface area contributed by atoms with Crippen molar-refractivity contribution in [3.63, 3.8) is 0 Å². The minimum atomic E-state index is -0.177. The summed E-state index contributed by atoms with van der Waals surface area (Å²) in [4.78, 5) is 26.6. The van der Waals surface area contributed by atoms with E-state index >= 15 is 0 Å². The lowest BCUT2D eigenvalue weighted by Gasteiger charge is -2.56. The van der Waals surface area contributed by atoms with Crippen LogP contribution in [0.3, 0.4) is 0 Å². The van der Waals surface area contributed by atoms with Gasteiger partial charge in [-0.2, -0.15) is 0 Å². The topological polar surface area (TPSA) is 61.4 Å². The van der Waals surface area contributed by atoms with Gasteiger partial charge in [-0.25, -0.2) is 4.79 Å². The van der Waals surface area contributed by atoms with Crippen LogP contribution in [0, 0.1) is 17.8 Å². The lowest BCUT2D eigenvalue weighted by atomic mass is 9.53. The summed E-state index contributed by atoms with van der Waals surface area (Å²) < 4.78 is 0. The molecule has 4 saturated carbocycles. The molecule has 2 N–H and O–H groups in total. The Bertz CT molecular complexity index is 516. The summed E-state index contributed by atoms with van der Waals surface area (Å²) >= 11 is 0. The van der Waals surface area contributed by atoms with E-state index < -0.39 is 0 Å². The maximum Gasteiger partial charge on any atom is 0.315 e. The fourth-order valence-electron chi connectivity index (χ4n) is 6.18. The van der Waals surface area contributed by atoms with E-state index in [1.807, 2.05) is 25.7 Å². The molecule has 5 aliphatic rings. The van der Waals surface area contributed by atoms with E-state index in [4.69, 9.17) is 0 Å². The highest BCUT2D eigenvalue weighted by Crippen LogP contribution is 2.55. The fourth-order valence-corrected chi connectivity index (χ4v) is 6.18. The molecule has 5 rings (SSSR count). The van der Waals surface area contributed by atoms with Crippen LogP contribution in [-0.2, 0) is 4.79 Å². The highest BCUT2D eigenvalue weighted by atomic mass is 16.2. The molecule has 5 heteroatoms. The average Bonchev–Trinajstić information content (AvgIpc) is 2.76. The Balaban J connectivity index is 1.35. The van der Waals surface area contributed by atoms with Gasteiger partial charge in [-0.05, 0) is 77.0 Å². The zero-order chi connectivity index (χ0) is 17.1. The second kappa shape index (κ2) is 5.37. The molecular weight excluding hydrogens is 302 g/mol. The molecule has 0 aromatic rings. The third kappa shape index (κ3) is 2.91. The number of nitrogens with one attached hydrogen (secondary N) is 2. The second-order valence-corrected chi connectivity index (χ2v) is 9.87. The molecule has 0 radical (unpaired) electrons. The van der Waals surface area contributed by atoms with Crippen LogP contribution in [0.15, 0.2) is 0 Å². The van der Waals surface area contributed by atoms with Gasteiger partial charge in [0.2, 0.25) is 5.91 Å². The zero-order valence-corrected chi connectivity index (χ0v) is 15.2. The van der Waals surface area contributed by atoms with Crippen molar-refractivity contribution in [2.75, 3.05) is 6.54 Å². The van der Waals surface area contributed by atoms with E-state index in [0.717, 1.165) is 37.0 Å². The summed E-state index contributed by atoms with van der Waals surface area (Å²) in [5.41, 5.74) is -0.144. The van der Waals surface area contributed by atoms with Crippen molar-refractivity contribution in [2.24, 2.45) is 17.8 Å². The van der Waals surface area contributed by atoms with Crippen LogP contribution in [0.1, 0.15) is 65.7 Å². The molecule has 1 heterocycles. The van der Waals surface area contributed by atoms with Gasteiger partial charge in [-0.15, -0.1) is 0 Å². The number of urea groups is 1. The first-order chi connectivity index (χ1) is 11.2. The van der Waals surface area contributed by atoms with E-state index in [1.54, 1.807) is 0 Å². The molecular formula is C19H31N3O2. The lowest BCUT2D eigenvalue weighted by Crippen LogP contribution is -2.62. The molecule has 4 aliphatic carbocycles. The average molecular weight is 333 g/mol. The molecule has 1 saturated heterocycles. The second-order valence-electron chi connectivity index (χ2n) is 9.87. The number of nitrogens with zero attached hydrogens (tertiary/aromatic N) is 1. The summed E-state index contributed by atoms with van der Waals surface area (Å²) in [5, 5.41) is 6.41. The number of rotatable bonds is 2. The number of hydrogen-bond acceptors (Lipinski definition) is 2. The molecule has 3 amide bonds. The van der Waals surface area contributed by atoms with Gasteiger partial charge in [0.1, 0.15) is 0 Å². The Labute approximate surface area is 144 Å². The summed E-state index contributed by atoms with van der Waals surface area (Å²) in [7, 11) is 0. The molecule has 5 fully saturated rings. The minimum absolute atomic E-state index is 0.0329. The summed E-state index contributed by atoms with van der Waals surface area (Å²) in [6.45, 7) is 6.75. The van der Waals surface area contributed by atoms with Gasteiger partial charge < -0.3 is 15.5 Å². The van der Waals surface area contributed by atoms with Crippen LogP contribution in [-0.4, -0.2) is 40.5 Å². The number of carbonyl (C=O) groups is 2. The monoisotopic (exact) mass is 333 g/mol. The quantitative estimate of drug-likeness (QED) is 0.816. The first kappa shape index (κ1) is 16.2. The lowest BCUT2D eigenvalue weighted by molar-refractivity contribution is -0.131.